The van der Waals surface area contributed by atoms with Gasteiger partial charge < -0.3 is 21.0 Å². The van der Waals surface area contributed by atoms with Gasteiger partial charge in [0.05, 0.1) is 0 Å². The van der Waals surface area contributed by atoms with E-state index in [1.54, 1.807) is 7.11 Å². The smallest absolute Gasteiger partial charge is 0.141 e. The summed E-state index contributed by atoms with van der Waals surface area (Å²) in [5.74, 6) is 0.228. The molecule has 1 rings (SSSR count). The molecule has 1 unspecified atom stereocenters. The predicted molar refractivity (Wildman–Crippen MR) is 85.5 cm³/mol. The number of nitrogens with one attached hydrogen (secondary N) is 1. The van der Waals surface area contributed by atoms with E-state index >= 15 is 0 Å². The average Bonchev–Trinajstić information content (AvgIpc) is 2.50. The second kappa shape index (κ2) is 8.64. The van der Waals surface area contributed by atoms with Crippen molar-refractivity contribution in [3.05, 3.63) is 35.9 Å². The number of oxime groups is 1. The van der Waals surface area contributed by atoms with Gasteiger partial charge in [-0.05, 0) is 17.4 Å². The molecule has 118 valence electrons. The average molecular weight is 293 g/mol. The minimum absolute atomic E-state index is 0.0314. The number of nitrogens with zero attached hydrogens (tertiary/aromatic N) is 1. The molecular weight excluding hydrogens is 266 g/mol. The molecule has 0 aliphatic heterocycles. The summed E-state index contributed by atoms with van der Waals surface area (Å²) >= 11 is 0. The standard InChI is InChI=1S/C16H27N3O2/c1-16(2,9-10-21-3)12-18-14(11-15(17)19-20)13-7-5-4-6-8-13/h4-8,14,18,20H,9-12H2,1-3H3,(H2,17,19). The van der Waals surface area contributed by atoms with Gasteiger partial charge in [0, 0.05) is 32.7 Å². The highest BCUT2D eigenvalue weighted by atomic mass is 16.5. The number of ether oxygens (including phenoxy) is 1. The van der Waals surface area contributed by atoms with Crippen LogP contribution in [0.15, 0.2) is 35.5 Å². The highest BCUT2D eigenvalue weighted by Crippen LogP contribution is 2.22. The highest BCUT2D eigenvalue weighted by Gasteiger charge is 2.21. The van der Waals surface area contributed by atoms with E-state index in [1.807, 2.05) is 30.3 Å². The Morgan fingerprint density at radius 1 is 1.38 bits per heavy atom. The Kier molecular flexibility index (Phi) is 7.19. The van der Waals surface area contributed by atoms with E-state index < -0.39 is 0 Å². The molecule has 4 N–H and O–H groups in total. The van der Waals surface area contributed by atoms with Crippen molar-refractivity contribution in [1.82, 2.24) is 5.32 Å². The summed E-state index contributed by atoms with van der Waals surface area (Å²) in [5, 5.41) is 15.4. The molecule has 0 aliphatic carbocycles. The Bertz CT molecular complexity index is 432. The van der Waals surface area contributed by atoms with Crippen LogP contribution in [0.2, 0.25) is 0 Å². The molecule has 5 nitrogen and oxygen atoms in total. The number of methoxy groups -OCH3 is 1. The van der Waals surface area contributed by atoms with Gasteiger partial charge in [-0.15, -0.1) is 0 Å². The molecule has 0 spiro atoms. The van der Waals surface area contributed by atoms with Gasteiger partial charge in [0.25, 0.3) is 0 Å². The van der Waals surface area contributed by atoms with Crippen molar-refractivity contribution < 1.29 is 9.94 Å². The zero-order valence-electron chi connectivity index (χ0n) is 13.2. The topological polar surface area (TPSA) is 79.9 Å². The van der Waals surface area contributed by atoms with E-state index in [4.69, 9.17) is 15.7 Å². The van der Waals surface area contributed by atoms with Crippen LogP contribution >= 0.6 is 0 Å². The van der Waals surface area contributed by atoms with Crippen LogP contribution in [0, 0.1) is 5.41 Å². The minimum atomic E-state index is 0.0314. The lowest BCUT2D eigenvalue weighted by Gasteiger charge is -2.28. The number of hydrogen-bond acceptors (Lipinski definition) is 4. The lowest BCUT2D eigenvalue weighted by Crippen LogP contribution is -2.35. The van der Waals surface area contributed by atoms with Gasteiger partial charge in [-0.2, -0.15) is 0 Å². The van der Waals surface area contributed by atoms with E-state index in [0.717, 1.165) is 25.1 Å². The fourth-order valence-electron chi connectivity index (χ4n) is 2.11. The molecule has 0 radical (unpaired) electrons. The summed E-state index contributed by atoms with van der Waals surface area (Å²) in [6.07, 6.45) is 1.45. The molecule has 1 aromatic rings. The summed E-state index contributed by atoms with van der Waals surface area (Å²) in [6, 6.07) is 10.1. The van der Waals surface area contributed by atoms with Crippen molar-refractivity contribution in [1.29, 1.82) is 0 Å². The first-order valence-electron chi connectivity index (χ1n) is 7.22. The van der Waals surface area contributed by atoms with Gasteiger partial charge in [-0.25, -0.2) is 0 Å². The third kappa shape index (κ3) is 6.60. The summed E-state index contributed by atoms with van der Waals surface area (Å²) in [6.45, 7) is 5.97. The molecule has 1 atom stereocenters. The molecule has 0 fully saturated rings. The largest absolute Gasteiger partial charge is 0.409 e. The lowest BCUT2D eigenvalue weighted by molar-refractivity contribution is 0.149. The Hall–Kier alpha value is -1.59. The lowest BCUT2D eigenvalue weighted by atomic mass is 9.89. The zero-order valence-corrected chi connectivity index (χ0v) is 13.2. The van der Waals surface area contributed by atoms with Gasteiger partial charge in [0.2, 0.25) is 0 Å². The Morgan fingerprint density at radius 2 is 2.05 bits per heavy atom. The van der Waals surface area contributed by atoms with Crippen LogP contribution in [0.5, 0.6) is 0 Å². The van der Waals surface area contributed by atoms with Crippen LogP contribution in [0.4, 0.5) is 0 Å². The molecule has 1 aromatic carbocycles. The van der Waals surface area contributed by atoms with E-state index in [9.17, 15) is 0 Å². The normalized spacial score (nSPS) is 14.1. The van der Waals surface area contributed by atoms with Crippen LogP contribution in [0.25, 0.3) is 0 Å². The summed E-state index contributed by atoms with van der Waals surface area (Å²) in [7, 11) is 1.72. The SMILES string of the molecule is COCCC(C)(C)CNC(C/C(N)=N/O)c1ccccc1. The van der Waals surface area contributed by atoms with Gasteiger partial charge in [0.1, 0.15) is 5.84 Å². The minimum Gasteiger partial charge on any atom is -0.409 e. The molecule has 0 saturated carbocycles. The maximum absolute atomic E-state index is 8.79. The van der Waals surface area contributed by atoms with Crippen molar-refractivity contribution in [2.24, 2.45) is 16.3 Å². The highest BCUT2D eigenvalue weighted by molar-refractivity contribution is 5.80. The predicted octanol–water partition coefficient (Wildman–Crippen LogP) is 2.52. The number of nitrogens with two attached hydrogens (primary N) is 1. The van der Waals surface area contributed by atoms with Gasteiger partial charge in [-0.3, -0.25) is 0 Å². The molecule has 0 amide bonds. The third-order valence-corrected chi connectivity index (χ3v) is 3.55. The molecule has 0 saturated heterocycles. The molecule has 21 heavy (non-hydrogen) atoms. The first kappa shape index (κ1) is 17.5. The Balaban J connectivity index is 2.70. The number of amidine groups is 1. The second-order valence-corrected chi connectivity index (χ2v) is 6.05. The second-order valence-electron chi connectivity index (χ2n) is 6.05. The quantitative estimate of drug-likeness (QED) is 0.283. The number of hydrogen-bond donors (Lipinski definition) is 3. The maximum atomic E-state index is 8.79. The van der Waals surface area contributed by atoms with E-state index in [2.05, 4.69) is 24.3 Å². The van der Waals surface area contributed by atoms with Gasteiger partial charge >= 0.3 is 0 Å². The van der Waals surface area contributed by atoms with Gasteiger partial charge in [-0.1, -0.05) is 49.3 Å². The fraction of sp³-hybridized carbons (Fsp3) is 0.562. The molecule has 0 heterocycles. The Labute approximate surface area is 127 Å². The van der Waals surface area contributed by atoms with E-state index in [0.29, 0.717) is 6.42 Å². The molecule has 5 heteroatoms. The molecular formula is C16H27N3O2. The number of rotatable bonds is 9. The first-order valence-corrected chi connectivity index (χ1v) is 7.22. The van der Waals surface area contributed by atoms with Crippen molar-refractivity contribution >= 4 is 5.84 Å². The van der Waals surface area contributed by atoms with E-state index in [-0.39, 0.29) is 17.3 Å². The van der Waals surface area contributed by atoms with Crippen molar-refractivity contribution in [2.75, 3.05) is 20.3 Å². The van der Waals surface area contributed by atoms with Crippen LogP contribution in [0.3, 0.4) is 0 Å². The summed E-state index contributed by atoms with van der Waals surface area (Å²) in [4.78, 5) is 0. The maximum Gasteiger partial charge on any atom is 0.141 e. The van der Waals surface area contributed by atoms with Crippen LogP contribution in [-0.4, -0.2) is 31.3 Å². The first-order chi connectivity index (χ1) is 9.98. The van der Waals surface area contributed by atoms with Crippen LogP contribution < -0.4 is 11.1 Å². The summed E-state index contributed by atoms with van der Waals surface area (Å²) in [5.41, 5.74) is 6.92. The third-order valence-electron chi connectivity index (χ3n) is 3.55. The summed E-state index contributed by atoms with van der Waals surface area (Å²) < 4.78 is 5.15. The zero-order chi connectivity index (χ0) is 15.7. The fourth-order valence-corrected chi connectivity index (χ4v) is 2.11. The molecule has 0 bridgehead atoms. The monoisotopic (exact) mass is 293 g/mol. The van der Waals surface area contributed by atoms with Crippen molar-refractivity contribution in [2.45, 2.75) is 32.7 Å². The molecule has 0 aliphatic rings. The van der Waals surface area contributed by atoms with Gasteiger partial charge in [0.15, 0.2) is 0 Å². The Morgan fingerprint density at radius 3 is 2.62 bits per heavy atom. The van der Waals surface area contributed by atoms with Crippen LogP contribution in [0.1, 0.15) is 38.3 Å². The van der Waals surface area contributed by atoms with Crippen molar-refractivity contribution in [3.63, 3.8) is 0 Å². The van der Waals surface area contributed by atoms with E-state index in [1.165, 1.54) is 0 Å². The molecule has 0 aromatic heterocycles. The number of benzene rings is 1. The van der Waals surface area contributed by atoms with Crippen LogP contribution in [-0.2, 0) is 4.74 Å². The van der Waals surface area contributed by atoms with Crippen molar-refractivity contribution in [3.8, 4) is 0 Å².